The van der Waals surface area contributed by atoms with E-state index in [0.717, 1.165) is 7.11 Å². The molecule has 0 aliphatic heterocycles. The lowest BCUT2D eigenvalue weighted by Crippen LogP contribution is -2.28. The van der Waals surface area contributed by atoms with E-state index in [0.29, 0.717) is 6.42 Å². The van der Waals surface area contributed by atoms with Crippen LogP contribution < -0.4 is 5.73 Å². The molecule has 1 aliphatic rings. The highest BCUT2D eigenvalue weighted by molar-refractivity contribution is 7.49. The second-order valence-corrected chi connectivity index (χ2v) is 4.70. The number of carboxylic acid groups (broad SMARTS) is 1. The molecule has 0 amide bonds. The number of carbonyl (C=O) groups is 1. The molecule has 1 rings (SSSR count). The zero-order chi connectivity index (χ0) is 11.7. The van der Waals surface area contributed by atoms with Crippen LogP contribution in [0.4, 0.5) is 4.79 Å². The normalized spacial score (nSPS) is 32.8. The Morgan fingerprint density at radius 3 is 2.73 bits per heavy atom. The maximum Gasteiger partial charge on any atom is 0.536 e. The second-order valence-electron chi connectivity index (χ2n) is 3.08. The summed E-state index contributed by atoms with van der Waals surface area (Å²) in [6.45, 7) is 3.49. The molecule has 1 saturated carbocycles. The van der Waals surface area contributed by atoms with Gasteiger partial charge in [0.05, 0.1) is 0 Å². The maximum atomic E-state index is 11.5. The first-order chi connectivity index (χ1) is 6.85. The van der Waals surface area contributed by atoms with Crippen molar-refractivity contribution in [2.75, 3.05) is 7.11 Å². The largest absolute Gasteiger partial charge is 0.536 e. The molecule has 0 aromatic rings. The Hall–Kier alpha value is -0.880. The Kier molecular flexibility index (Phi) is 3.20. The van der Waals surface area contributed by atoms with Crippen molar-refractivity contribution in [1.82, 2.24) is 0 Å². The van der Waals surface area contributed by atoms with Crippen LogP contribution in [-0.4, -0.2) is 24.1 Å². The number of phosphoric acid groups is 1. The predicted molar refractivity (Wildman–Crippen MR) is 50.0 cm³/mol. The van der Waals surface area contributed by atoms with Crippen LogP contribution in [0.2, 0.25) is 0 Å². The topological polar surface area (TPSA) is 108 Å². The SMILES string of the molecule is C=CC1CC1(N)OP(=O)(OC)OC(=O)O. The van der Waals surface area contributed by atoms with E-state index >= 15 is 0 Å². The fourth-order valence-electron chi connectivity index (χ4n) is 1.07. The van der Waals surface area contributed by atoms with E-state index < -0.39 is 19.7 Å². The van der Waals surface area contributed by atoms with E-state index in [9.17, 15) is 9.36 Å². The van der Waals surface area contributed by atoms with Crippen molar-refractivity contribution in [3.63, 3.8) is 0 Å². The van der Waals surface area contributed by atoms with Crippen LogP contribution in [0.1, 0.15) is 6.42 Å². The molecular weight excluding hydrogens is 225 g/mol. The summed E-state index contributed by atoms with van der Waals surface area (Å²) < 4.78 is 24.8. The minimum atomic E-state index is -4.14. The molecule has 7 nitrogen and oxygen atoms in total. The molecule has 0 aromatic heterocycles. The van der Waals surface area contributed by atoms with Crippen LogP contribution in [0.15, 0.2) is 12.7 Å². The molecule has 1 aliphatic carbocycles. The van der Waals surface area contributed by atoms with Crippen LogP contribution >= 0.6 is 7.82 Å². The molecular formula is C7H12NO6P. The van der Waals surface area contributed by atoms with Gasteiger partial charge in [-0.3, -0.25) is 9.05 Å². The highest BCUT2D eigenvalue weighted by Gasteiger charge is 2.56. The van der Waals surface area contributed by atoms with Gasteiger partial charge in [-0.05, 0) is 0 Å². The lowest BCUT2D eigenvalue weighted by Gasteiger charge is -2.18. The molecule has 15 heavy (non-hydrogen) atoms. The van der Waals surface area contributed by atoms with Gasteiger partial charge in [0.2, 0.25) is 0 Å². The number of nitrogens with two attached hydrogens (primary N) is 1. The molecule has 86 valence electrons. The molecule has 0 bridgehead atoms. The Morgan fingerprint density at radius 1 is 1.80 bits per heavy atom. The fourth-order valence-corrected chi connectivity index (χ4v) is 2.07. The Labute approximate surface area is 86.4 Å². The number of rotatable bonds is 5. The smallest absolute Gasteiger partial charge is 0.449 e. The summed E-state index contributed by atoms with van der Waals surface area (Å²) in [5, 5.41) is 8.31. The van der Waals surface area contributed by atoms with Crippen molar-refractivity contribution < 1.29 is 28.0 Å². The fraction of sp³-hybridized carbons (Fsp3) is 0.571. The number of phosphoric ester groups is 1. The third kappa shape index (κ3) is 2.79. The van der Waals surface area contributed by atoms with Gasteiger partial charge < -0.3 is 15.4 Å². The lowest BCUT2D eigenvalue weighted by atomic mass is 10.4. The van der Waals surface area contributed by atoms with Crippen LogP contribution in [-0.2, 0) is 18.1 Å². The standard InChI is InChI=1S/C7H12NO6P/c1-3-5-4-7(5,8)14-15(11,12-2)13-6(9)10/h3,5H,1,4,8H2,2H3,(H,9,10). The Bertz CT molecular complexity index is 331. The molecule has 1 fully saturated rings. The highest BCUT2D eigenvalue weighted by Crippen LogP contribution is 2.58. The molecule has 0 heterocycles. The first-order valence-corrected chi connectivity index (χ1v) is 5.52. The Morgan fingerprint density at radius 2 is 2.40 bits per heavy atom. The van der Waals surface area contributed by atoms with E-state index in [2.05, 4.69) is 15.6 Å². The minimum absolute atomic E-state index is 0.182. The van der Waals surface area contributed by atoms with E-state index in [-0.39, 0.29) is 5.92 Å². The minimum Gasteiger partial charge on any atom is -0.449 e. The molecule has 3 unspecified atom stereocenters. The van der Waals surface area contributed by atoms with Gasteiger partial charge in [-0.2, -0.15) is 0 Å². The third-order valence-electron chi connectivity index (χ3n) is 1.99. The summed E-state index contributed by atoms with van der Waals surface area (Å²) in [4.78, 5) is 10.2. The van der Waals surface area contributed by atoms with Crippen LogP contribution in [0.5, 0.6) is 0 Å². The summed E-state index contributed by atoms with van der Waals surface area (Å²) in [6.07, 6.45) is 0.174. The van der Waals surface area contributed by atoms with Crippen molar-refractivity contribution in [2.45, 2.75) is 12.1 Å². The number of hydrogen-bond acceptors (Lipinski definition) is 6. The summed E-state index contributed by atoms with van der Waals surface area (Å²) in [6, 6.07) is 0. The zero-order valence-corrected chi connectivity index (χ0v) is 8.98. The van der Waals surface area contributed by atoms with Crippen molar-refractivity contribution in [3.05, 3.63) is 12.7 Å². The van der Waals surface area contributed by atoms with Gasteiger partial charge in [-0.15, -0.1) is 6.58 Å². The van der Waals surface area contributed by atoms with Gasteiger partial charge >= 0.3 is 14.0 Å². The zero-order valence-electron chi connectivity index (χ0n) is 8.08. The molecule has 8 heteroatoms. The molecule has 0 spiro atoms. The molecule has 3 atom stereocenters. The summed E-state index contributed by atoms with van der Waals surface area (Å²) in [7, 11) is -3.13. The second kappa shape index (κ2) is 3.94. The first kappa shape index (κ1) is 12.2. The van der Waals surface area contributed by atoms with E-state index in [1.807, 2.05) is 0 Å². The van der Waals surface area contributed by atoms with Gasteiger partial charge in [0.25, 0.3) is 0 Å². The molecule has 0 radical (unpaired) electrons. The van der Waals surface area contributed by atoms with Gasteiger partial charge in [0, 0.05) is 19.4 Å². The van der Waals surface area contributed by atoms with Crippen LogP contribution in [0, 0.1) is 5.92 Å². The van der Waals surface area contributed by atoms with E-state index in [1.165, 1.54) is 6.08 Å². The van der Waals surface area contributed by atoms with Crippen molar-refractivity contribution in [2.24, 2.45) is 11.7 Å². The highest BCUT2D eigenvalue weighted by atomic mass is 31.2. The molecule has 3 N–H and O–H groups in total. The van der Waals surface area contributed by atoms with Gasteiger partial charge in [0.1, 0.15) is 5.72 Å². The summed E-state index contributed by atoms with van der Waals surface area (Å²) in [5.74, 6) is -0.182. The third-order valence-corrected chi connectivity index (χ3v) is 3.38. The number of hydrogen-bond donors (Lipinski definition) is 2. The first-order valence-electron chi connectivity index (χ1n) is 4.06. The van der Waals surface area contributed by atoms with Gasteiger partial charge in [-0.25, -0.2) is 9.36 Å². The molecule has 0 saturated heterocycles. The summed E-state index contributed by atoms with van der Waals surface area (Å²) in [5.41, 5.74) is 4.41. The predicted octanol–water partition coefficient (Wildman–Crippen LogP) is 1.31. The van der Waals surface area contributed by atoms with E-state index in [4.69, 9.17) is 15.4 Å². The van der Waals surface area contributed by atoms with Gasteiger partial charge in [-0.1, -0.05) is 6.08 Å². The summed E-state index contributed by atoms with van der Waals surface area (Å²) >= 11 is 0. The quantitative estimate of drug-likeness (QED) is 0.421. The lowest BCUT2D eigenvalue weighted by molar-refractivity contribution is 0.0719. The van der Waals surface area contributed by atoms with Crippen molar-refractivity contribution >= 4 is 14.0 Å². The van der Waals surface area contributed by atoms with E-state index in [1.54, 1.807) is 0 Å². The monoisotopic (exact) mass is 237 g/mol. The maximum absolute atomic E-state index is 11.5. The average Bonchev–Trinajstić information content (AvgIpc) is 2.74. The van der Waals surface area contributed by atoms with Crippen molar-refractivity contribution in [3.8, 4) is 0 Å². The van der Waals surface area contributed by atoms with Crippen LogP contribution in [0.3, 0.4) is 0 Å². The van der Waals surface area contributed by atoms with Crippen LogP contribution in [0.25, 0.3) is 0 Å². The van der Waals surface area contributed by atoms with Crippen molar-refractivity contribution in [1.29, 1.82) is 0 Å². The molecule has 0 aromatic carbocycles. The van der Waals surface area contributed by atoms with Gasteiger partial charge in [0.15, 0.2) is 0 Å². The average molecular weight is 237 g/mol. The Balaban J connectivity index is 2.65.